The first-order valence-electron chi connectivity index (χ1n) is 12.8. The predicted octanol–water partition coefficient (Wildman–Crippen LogP) is 4.80. The highest BCUT2D eigenvalue weighted by Gasteiger charge is 2.30. The molecule has 220 valence electrons. The van der Waals surface area contributed by atoms with Gasteiger partial charge < -0.3 is 19.9 Å². The Kier molecular flexibility index (Phi) is 9.41. The minimum Gasteiger partial charge on any atom is -0.506 e. The molecule has 3 N–H and O–H groups in total. The Balaban J connectivity index is 1.55. The van der Waals surface area contributed by atoms with Gasteiger partial charge in [0.2, 0.25) is 10.0 Å². The molecule has 3 aromatic carbocycles. The topological polar surface area (TPSA) is 117 Å². The highest BCUT2D eigenvalue weighted by atomic mass is 32.2. The Labute approximate surface area is 235 Å². The van der Waals surface area contributed by atoms with Crippen molar-refractivity contribution in [2.45, 2.75) is 12.6 Å². The largest absolute Gasteiger partial charge is 0.506 e. The van der Waals surface area contributed by atoms with E-state index in [9.17, 15) is 31.5 Å². The van der Waals surface area contributed by atoms with E-state index in [0.717, 1.165) is 38.0 Å². The standard InChI is InChI=1S/C28H30F3N3O6S/c1-41(37,38)33-24-18-22(8-10-25(24)35)32-27(36)20-5-9-23(19-3-6-21(7-4-19)28(29,30)31)26(17-20)40-14-2-11-34-12-15-39-16-13-34/h3-10,17-18,33,35H,2,11-16H2,1H3,(H,32,36). The summed E-state index contributed by atoms with van der Waals surface area (Å²) in [5, 5.41) is 12.6. The summed E-state index contributed by atoms with van der Waals surface area (Å²) in [6, 6.07) is 13.2. The van der Waals surface area contributed by atoms with Crippen LogP contribution in [0.5, 0.6) is 11.5 Å². The molecule has 1 aliphatic rings. The fraction of sp³-hybridized carbons (Fsp3) is 0.321. The number of anilines is 2. The zero-order chi connectivity index (χ0) is 29.6. The molecule has 41 heavy (non-hydrogen) atoms. The van der Waals surface area contributed by atoms with Crippen LogP contribution in [0, 0.1) is 0 Å². The first-order valence-corrected chi connectivity index (χ1v) is 14.6. The van der Waals surface area contributed by atoms with Gasteiger partial charge in [-0.25, -0.2) is 8.42 Å². The molecule has 0 bridgehead atoms. The minimum atomic E-state index is -4.47. The molecule has 9 nitrogen and oxygen atoms in total. The van der Waals surface area contributed by atoms with Crippen molar-refractivity contribution in [2.24, 2.45) is 0 Å². The van der Waals surface area contributed by atoms with Crippen LogP contribution in [0.1, 0.15) is 22.3 Å². The molecule has 0 unspecified atom stereocenters. The Hall–Kier alpha value is -3.81. The van der Waals surface area contributed by atoms with Crippen LogP contribution in [0.4, 0.5) is 24.5 Å². The summed E-state index contributed by atoms with van der Waals surface area (Å²) in [6.45, 7) is 4.08. The number of ether oxygens (including phenoxy) is 2. The van der Waals surface area contributed by atoms with E-state index in [1.165, 1.54) is 42.5 Å². The van der Waals surface area contributed by atoms with E-state index >= 15 is 0 Å². The van der Waals surface area contributed by atoms with Crippen LogP contribution >= 0.6 is 0 Å². The second kappa shape index (κ2) is 12.8. The molecule has 0 radical (unpaired) electrons. The van der Waals surface area contributed by atoms with Gasteiger partial charge in [-0.2, -0.15) is 13.2 Å². The lowest BCUT2D eigenvalue weighted by Gasteiger charge is -2.26. The summed E-state index contributed by atoms with van der Waals surface area (Å²) in [5.41, 5.74) is 0.554. The first-order chi connectivity index (χ1) is 19.4. The second-order valence-electron chi connectivity index (χ2n) is 9.50. The van der Waals surface area contributed by atoms with Crippen LogP contribution in [-0.4, -0.2) is 70.0 Å². The van der Waals surface area contributed by atoms with Gasteiger partial charge in [-0.3, -0.25) is 14.4 Å². The number of hydrogen-bond acceptors (Lipinski definition) is 7. The van der Waals surface area contributed by atoms with Crippen molar-refractivity contribution in [3.63, 3.8) is 0 Å². The van der Waals surface area contributed by atoms with E-state index in [4.69, 9.17) is 9.47 Å². The van der Waals surface area contributed by atoms with E-state index in [1.54, 1.807) is 6.07 Å². The van der Waals surface area contributed by atoms with Gasteiger partial charge >= 0.3 is 6.18 Å². The van der Waals surface area contributed by atoms with E-state index in [2.05, 4.69) is 14.9 Å². The van der Waals surface area contributed by atoms with Crippen LogP contribution in [0.15, 0.2) is 60.7 Å². The van der Waals surface area contributed by atoms with Gasteiger partial charge in [0, 0.05) is 36.4 Å². The summed E-state index contributed by atoms with van der Waals surface area (Å²) in [4.78, 5) is 15.3. The molecule has 0 aromatic heterocycles. The van der Waals surface area contributed by atoms with Gasteiger partial charge in [0.15, 0.2) is 0 Å². The van der Waals surface area contributed by atoms with E-state index in [-0.39, 0.29) is 22.7 Å². The number of rotatable bonds is 10. The number of carbonyl (C=O) groups is 1. The summed E-state index contributed by atoms with van der Waals surface area (Å²) in [7, 11) is -3.67. The number of phenolic OH excluding ortho intramolecular Hbond substituents is 1. The average molecular weight is 594 g/mol. The Morgan fingerprint density at radius 2 is 1.76 bits per heavy atom. The lowest BCUT2D eigenvalue weighted by molar-refractivity contribution is -0.137. The van der Waals surface area contributed by atoms with Crippen molar-refractivity contribution in [2.75, 3.05) is 55.7 Å². The molecule has 0 spiro atoms. The number of nitrogens with one attached hydrogen (secondary N) is 2. The van der Waals surface area contributed by atoms with E-state index in [1.807, 2.05) is 0 Å². The number of halogens is 3. The summed E-state index contributed by atoms with van der Waals surface area (Å²) in [5.74, 6) is -0.537. The van der Waals surface area contributed by atoms with Crippen molar-refractivity contribution in [1.29, 1.82) is 0 Å². The third kappa shape index (κ3) is 8.59. The number of amides is 1. The van der Waals surface area contributed by atoms with Crippen molar-refractivity contribution in [3.8, 4) is 22.6 Å². The molecule has 0 atom stereocenters. The average Bonchev–Trinajstić information content (AvgIpc) is 2.92. The molecular formula is C28H30F3N3O6S. The number of carbonyl (C=O) groups excluding carboxylic acids is 1. The lowest BCUT2D eigenvalue weighted by Crippen LogP contribution is -2.37. The fourth-order valence-corrected chi connectivity index (χ4v) is 4.82. The zero-order valence-corrected chi connectivity index (χ0v) is 23.0. The third-order valence-corrected chi connectivity index (χ3v) is 6.89. The molecule has 13 heteroatoms. The van der Waals surface area contributed by atoms with Crippen LogP contribution in [-0.2, 0) is 20.9 Å². The van der Waals surface area contributed by atoms with Crippen LogP contribution in [0.25, 0.3) is 11.1 Å². The minimum absolute atomic E-state index is 0.104. The number of nitrogens with zero attached hydrogens (tertiary/aromatic N) is 1. The molecule has 1 saturated heterocycles. The number of phenols is 1. The maximum atomic E-state index is 13.1. The van der Waals surface area contributed by atoms with Crippen molar-refractivity contribution in [1.82, 2.24) is 4.90 Å². The zero-order valence-electron chi connectivity index (χ0n) is 22.2. The summed E-state index contributed by atoms with van der Waals surface area (Å²) >= 11 is 0. The number of aromatic hydroxyl groups is 1. The number of alkyl halides is 3. The number of sulfonamides is 1. The van der Waals surface area contributed by atoms with Gasteiger partial charge in [-0.15, -0.1) is 0 Å². The van der Waals surface area contributed by atoms with Crippen LogP contribution in [0.2, 0.25) is 0 Å². The molecule has 1 heterocycles. The number of hydrogen-bond donors (Lipinski definition) is 3. The molecule has 0 saturated carbocycles. The molecule has 3 aromatic rings. The molecule has 1 aliphatic heterocycles. The highest BCUT2D eigenvalue weighted by Crippen LogP contribution is 2.35. The fourth-order valence-electron chi connectivity index (χ4n) is 4.25. The number of benzene rings is 3. The molecular weight excluding hydrogens is 563 g/mol. The van der Waals surface area contributed by atoms with Gasteiger partial charge in [0.05, 0.1) is 37.3 Å². The van der Waals surface area contributed by atoms with Crippen molar-refractivity contribution in [3.05, 3.63) is 71.8 Å². The van der Waals surface area contributed by atoms with Crippen molar-refractivity contribution >= 4 is 27.3 Å². The van der Waals surface area contributed by atoms with E-state index in [0.29, 0.717) is 43.1 Å². The first kappa shape index (κ1) is 30.2. The summed E-state index contributed by atoms with van der Waals surface area (Å²) in [6.07, 6.45) is -2.85. The quantitative estimate of drug-likeness (QED) is 0.176. The van der Waals surface area contributed by atoms with Gasteiger partial charge in [-0.1, -0.05) is 12.1 Å². The van der Waals surface area contributed by atoms with Gasteiger partial charge in [0.1, 0.15) is 11.5 Å². The molecule has 1 amide bonds. The monoisotopic (exact) mass is 593 g/mol. The van der Waals surface area contributed by atoms with E-state index < -0.39 is 27.7 Å². The third-order valence-electron chi connectivity index (χ3n) is 6.30. The molecule has 1 fully saturated rings. The van der Waals surface area contributed by atoms with Gasteiger partial charge in [-0.05, 0) is 60.5 Å². The van der Waals surface area contributed by atoms with Crippen LogP contribution in [0.3, 0.4) is 0 Å². The predicted molar refractivity (Wildman–Crippen MR) is 149 cm³/mol. The van der Waals surface area contributed by atoms with Crippen LogP contribution < -0.4 is 14.8 Å². The lowest BCUT2D eigenvalue weighted by atomic mass is 10.0. The Morgan fingerprint density at radius 3 is 2.41 bits per heavy atom. The smallest absolute Gasteiger partial charge is 0.416 e. The van der Waals surface area contributed by atoms with Gasteiger partial charge in [0.25, 0.3) is 5.91 Å². The second-order valence-corrected chi connectivity index (χ2v) is 11.3. The Bertz CT molecular complexity index is 1470. The Morgan fingerprint density at radius 1 is 1.05 bits per heavy atom. The maximum Gasteiger partial charge on any atom is 0.416 e. The van der Waals surface area contributed by atoms with Crippen molar-refractivity contribution < 1.29 is 41.0 Å². The highest BCUT2D eigenvalue weighted by molar-refractivity contribution is 7.92. The maximum absolute atomic E-state index is 13.1. The molecule has 0 aliphatic carbocycles. The normalized spacial score (nSPS) is 14.4. The number of morpholine rings is 1. The summed E-state index contributed by atoms with van der Waals surface area (Å²) < 4.78 is 76.0. The SMILES string of the molecule is CS(=O)(=O)Nc1cc(NC(=O)c2ccc(-c3ccc(C(F)(F)F)cc3)c(OCCCN3CCOCC3)c2)ccc1O. The molecule has 4 rings (SSSR count).